The van der Waals surface area contributed by atoms with E-state index in [1.165, 1.54) is 0 Å². The molecule has 1 heterocycles. The molecule has 2 rings (SSSR count). The third-order valence-corrected chi connectivity index (χ3v) is 6.79. The van der Waals surface area contributed by atoms with E-state index in [4.69, 9.17) is 14.0 Å². The second-order valence-corrected chi connectivity index (χ2v) is 11.2. The smallest absolute Gasteiger partial charge is 0.444 e. The van der Waals surface area contributed by atoms with Crippen LogP contribution in [0, 0.1) is 0 Å². The molecule has 0 saturated carbocycles. The van der Waals surface area contributed by atoms with Gasteiger partial charge in [0.2, 0.25) is 0 Å². The Balaban J connectivity index is 2.44. The molecule has 33 heavy (non-hydrogen) atoms. The molecule has 1 amide bonds. The summed E-state index contributed by atoms with van der Waals surface area (Å²) in [5, 5.41) is 0. The van der Waals surface area contributed by atoms with Gasteiger partial charge in [0, 0.05) is 6.54 Å². The molecule has 0 aliphatic carbocycles. The van der Waals surface area contributed by atoms with Crippen LogP contribution < -0.4 is 0 Å². The fourth-order valence-corrected chi connectivity index (χ4v) is 4.01. The van der Waals surface area contributed by atoms with Crippen molar-refractivity contribution in [1.82, 2.24) is 4.90 Å². The van der Waals surface area contributed by atoms with Crippen molar-refractivity contribution in [2.45, 2.75) is 110 Å². The van der Waals surface area contributed by atoms with E-state index in [1.54, 1.807) is 0 Å². The van der Waals surface area contributed by atoms with Gasteiger partial charge in [-0.25, -0.2) is 4.79 Å². The van der Waals surface area contributed by atoms with Crippen molar-refractivity contribution in [3.63, 3.8) is 0 Å². The van der Waals surface area contributed by atoms with Crippen LogP contribution in [-0.4, -0.2) is 41.5 Å². The van der Waals surface area contributed by atoms with Crippen LogP contribution in [0.4, 0.5) is 4.79 Å². The quantitative estimate of drug-likeness (QED) is 0.218. The van der Waals surface area contributed by atoms with Crippen LogP contribution in [0.3, 0.4) is 0 Å². The highest BCUT2D eigenvalue weighted by Crippen LogP contribution is 2.45. The van der Waals surface area contributed by atoms with Crippen molar-refractivity contribution >= 4 is 13.2 Å². The van der Waals surface area contributed by atoms with Crippen molar-refractivity contribution in [2.24, 2.45) is 0 Å². The average molecular weight is 457 g/mol. The molecule has 6 heteroatoms. The maximum absolute atomic E-state index is 13.6. The van der Waals surface area contributed by atoms with Crippen LogP contribution in [0.25, 0.3) is 0 Å². The zero-order chi connectivity index (χ0) is 24.9. The molecule has 1 atom stereocenters. The first-order valence-corrected chi connectivity index (χ1v) is 12.3. The van der Waals surface area contributed by atoms with E-state index in [0.29, 0.717) is 6.54 Å². The van der Waals surface area contributed by atoms with Crippen LogP contribution in [0.2, 0.25) is 0 Å². The van der Waals surface area contributed by atoms with Crippen LogP contribution in [0.5, 0.6) is 0 Å². The van der Waals surface area contributed by atoms with E-state index >= 15 is 0 Å². The van der Waals surface area contributed by atoms with E-state index in [2.05, 4.69) is 6.58 Å². The summed E-state index contributed by atoms with van der Waals surface area (Å²) in [5.41, 5.74) is -1.54. The highest BCUT2D eigenvalue weighted by Gasteiger charge is 2.61. The zero-order valence-corrected chi connectivity index (χ0v) is 22.1. The molecule has 1 fully saturated rings. The maximum Gasteiger partial charge on any atom is 0.490 e. The standard InChI is InChI=1S/C27H44BNO4/c1-10-11-12-13-14-18-21-29(23(30)31-24(2,3)4)27(9,22-19-16-15-17-20-22)28-32-25(5,6)26(7,8)33-28/h10,15-17,19-20H,1,11-14,18,21H2,2-9H3. The molecular weight excluding hydrogens is 413 g/mol. The van der Waals surface area contributed by atoms with E-state index in [9.17, 15) is 4.79 Å². The fourth-order valence-electron chi connectivity index (χ4n) is 4.01. The van der Waals surface area contributed by atoms with Gasteiger partial charge in [-0.15, -0.1) is 6.58 Å². The monoisotopic (exact) mass is 457 g/mol. The van der Waals surface area contributed by atoms with Crippen molar-refractivity contribution in [3.8, 4) is 0 Å². The molecule has 1 aromatic rings. The third-order valence-electron chi connectivity index (χ3n) is 6.79. The molecule has 1 saturated heterocycles. The molecule has 0 spiro atoms. The Labute approximate surface area is 202 Å². The van der Waals surface area contributed by atoms with E-state index in [-0.39, 0.29) is 6.09 Å². The van der Waals surface area contributed by atoms with Gasteiger partial charge >= 0.3 is 13.2 Å². The summed E-state index contributed by atoms with van der Waals surface area (Å²) >= 11 is 0. The second kappa shape index (κ2) is 10.6. The summed E-state index contributed by atoms with van der Waals surface area (Å²) in [7, 11) is -0.641. The Kier molecular flexibility index (Phi) is 8.86. The topological polar surface area (TPSA) is 48.0 Å². The first kappa shape index (κ1) is 27.5. The summed E-state index contributed by atoms with van der Waals surface area (Å²) in [6, 6.07) is 10.0. The van der Waals surface area contributed by atoms with E-state index in [1.807, 2.05) is 96.7 Å². The number of allylic oxidation sites excluding steroid dienone is 1. The summed E-state index contributed by atoms with van der Waals surface area (Å²) in [6.45, 7) is 20.2. The molecule has 0 bridgehead atoms. The molecule has 1 unspecified atom stereocenters. The highest BCUT2D eigenvalue weighted by molar-refractivity contribution is 6.49. The van der Waals surface area contributed by atoms with Crippen molar-refractivity contribution < 1.29 is 18.8 Å². The number of rotatable bonds is 10. The van der Waals surface area contributed by atoms with Crippen LogP contribution in [-0.2, 0) is 19.5 Å². The number of carbonyl (C=O) groups excluding carboxylic acids is 1. The Morgan fingerprint density at radius 1 is 1.00 bits per heavy atom. The van der Waals surface area contributed by atoms with Crippen LogP contribution >= 0.6 is 0 Å². The van der Waals surface area contributed by atoms with Gasteiger partial charge in [0.15, 0.2) is 0 Å². The second-order valence-electron chi connectivity index (χ2n) is 11.2. The molecule has 0 radical (unpaired) electrons. The molecule has 1 aromatic carbocycles. The fraction of sp³-hybridized carbons (Fsp3) is 0.667. The third kappa shape index (κ3) is 6.63. The number of benzene rings is 1. The summed E-state index contributed by atoms with van der Waals surface area (Å²) in [5.74, 6) is 0. The molecule has 184 valence electrons. The number of ether oxygens (including phenoxy) is 1. The van der Waals surface area contributed by atoms with Gasteiger partial charge in [-0.3, -0.25) is 4.90 Å². The number of carbonyl (C=O) groups is 1. The van der Waals surface area contributed by atoms with Crippen molar-refractivity contribution in [1.29, 1.82) is 0 Å². The first-order chi connectivity index (χ1) is 15.2. The van der Waals surface area contributed by atoms with E-state index in [0.717, 1.165) is 37.7 Å². The minimum atomic E-state index is -0.865. The number of unbranched alkanes of at least 4 members (excludes halogenated alkanes) is 4. The zero-order valence-electron chi connectivity index (χ0n) is 22.1. The minimum absolute atomic E-state index is 0.352. The lowest BCUT2D eigenvalue weighted by atomic mass is 9.60. The number of hydrogen-bond acceptors (Lipinski definition) is 4. The molecular formula is C27H44BNO4. The lowest BCUT2D eigenvalue weighted by molar-refractivity contribution is 0.00498. The Hall–Kier alpha value is -1.79. The van der Waals surface area contributed by atoms with Gasteiger partial charge in [0.05, 0.1) is 11.2 Å². The average Bonchev–Trinajstić information content (AvgIpc) is 2.93. The van der Waals surface area contributed by atoms with Crippen LogP contribution in [0.15, 0.2) is 43.0 Å². The SMILES string of the molecule is C=CCCCCCCN(C(=O)OC(C)(C)C)C(C)(B1OC(C)(C)C(C)(C)O1)c1ccccc1. The van der Waals surface area contributed by atoms with Gasteiger partial charge in [-0.1, -0.05) is 49.2 Å². The first-order valence-electron chi connectivity index (χ1n) is 12.3. The predicted molar refractivity (Wildman–Crippen MR) is 136 cm³/mol. The largest absolute Gasteiger partial charge is 0.490 e. The molecule has 0 N–H and O–H groups in total. The van der Waals surface area contributed by atoms with Crippen molar-refractivity contribution in [3.05, 3.63) is 48.6 Å². The van der Waals surface area contributed by atoms with Crippen LogP contribution in [0.1, 0.15) is 93.1 Å². The highest BCUT2D eigenvalue weighted by atomic mass is 16.7. The lowest BCUT2D eigenvalue weighted by Gasteiger charge is -2.43. The molecule has 5 nitrogen and oxygen atoms in total. The Bertz CT molecular complexity index is 771. The normalized spacial score (nSPS) is 19.1. The predicted octanol–water partition coefficient (Wildman–Crippen LogP) is 6.91. The molecule has 1 aliphatic rings. The lowest BCUT2D eigenvalue weighted by Crippen LogP contribution is -2.59. The van der Waals surface area contributed by atoms with Gasteiger partial charge in [-0.2, -0.15) is 0 Å². The van der Waals surface area contributed by atoms with Gasteiger partial charge in [0.25, 0.3) is 0 Å². The number of amides is 1. The Morgan fingerprint density at radius 2 is 1.55 bits per heavy atom. The van der Waals surface area contributed by atoms with Gasteiger partial charge in [0.1, 0.15) is 11.0 Å². The van der Waals surface area contributed by atoms with Crippen molar-refractivity contribution in [2.75, 3.05) is 6.54 Å². The van der Waals surface area contributed by atoms with Gasteiger partial charge in [-0.05, 0) is 80.2 Å². The number of nitrogens with zero attached hydrogens (tertiary/aromatic N) is 1. The molecule has 1 aliphatic heterocycles. The van der Waals surface area contributed by atoms with E-state index < -0.39 is 29.4 Å². The minimum Gasteiger partial charge on any atom is -0.444 e. The summed E-state index contributed by atoms with van der Waals surface area (Å²) in [6.07, 6.45) is 6.74. The Morgan fingerprint density at radius 3 is 2.06 bits per heavy atom. The summed E-state index contributed by atoms with van der Waals surface area (Å²) in [4.78, 5) is 15.4. The number of hydrogen-bond donors (Lipinski definition) is 0. The maximum atomic E-state index is 13.6. The summed E-state index contributed by atoms with van der Waals surface area (Å²) < 4.78 is 18.9. The van der Waals surface area contributed by atoms with Gasteiger partial charge < -0.3 is 14.0 Å². The molecule has 0 aromatic heterocycles.